The number of allylic oxidation sites excluding steroid dienone is 2. The van der Waals surface area contributed by atoms with E-state index < -0.39 is 11.6 Å². The first-order valence-electron chi connectivity index (χ1n) is 3.73. The second-order valence-corrected chi connectivity index (χ2v) is 2.60. The van der Waals surface area contributed by atoms with E-state index in [1.165, 1.54) is 6.07 Å². The molecule has 0 fully saturated rings. The van der Waals surface area contributed by atoms with Gasteiger partial charge in [0.1, 0.15) is 0 Å². The molecular formula is C10H10F2. The van der Waals surface area contributed by atoms with Crippen LogP contribution in [0, 0.1) is 11.6 Å². The lowest BCUT2D eigenvalue weighted by molar-refractivity contribution is 0.508. The van der Waals surface area contributed by atoms with Crippen molar-refractivity contribution in [2.75, 3.05) is 0 Å². The van der Waals surface area contributed by atoms with Crippen LogP contribution in [0.3, 0.4) is 0 Å². The average molecular weight is 168 g/mol. The fourth-order valence-electron chi connectivity index (χ4n) is 0.908. The minimum Gasteiger partial charge on any atom is -0.204 e. The van der Waals surface area contributed by atoms with E-state index in [1.807, 2.05) is 19.9 Å². The summed E-state index contributed by atoms with van der Waals surface area (Å²) >= 11 is 0. The summed E-state index contributed by atoms with van der Waals surface area (Å²) in [6.07, 6.45) is 1.85. The van der Waals surface area contributed by atoms with E-state index in [0.717, 1.165) is 17.2 Å². The molecule has 0 bridgehead atoms. The Morgan fingerprint density at radius 3 is 2.42 bits per heavy atom. The molecule has 1 aromatic rings. The molecule has 0 aromatic heterocycles. The van der Waals surface area contributed by atoms with E-state index in [1.54, 1.807) is 6.07 Å². The average Bonchev–Trinajstić information content (AvgIpc) is 2.08. The molecule has 0 heterocycles. The molecule has 0 amide bonds. The van der Waals surface area contributed by atoms with Crippen molar-refractivity contribution in [2.24, 2.45) is 0 Å². The highest BCUT2D eigenvalue weighted by atomic mass is 19.2. The van der Waals surface area contributed by atoms with Crippen molar-refractivity contribution in [3.8, 4) is 0 Å². The molecule has 64 valence electrons. The van der Waals surface area contributed by atoms with E-state index in [9.17, 15) is 8.78 Å². The van der Waals surface area contributed by atoms with E-state index >= 15 is 0 Å². The van der Waals surface area contributed by atoms with Gasteiger partial charge in [-0.1, -0.05) is 12.1 Å². The first-order valence-corrected chi connectivity index (χ1v) is 3.73. The standard InChI is InChI=1S/C10H10F2/c1-3-7(2)8-4-5-9(11)10(12)6-8/h3-6H,1-2H3/b7-3+. The van der Waals surface area contributed by atoms with Crippen molar-refractivity contribution in [3.63, 3.8) is 0 Å². The van der Waals surface area contributed by atoms with Gasteiger partial charge in [-0.3, -0.25) is 0 Å². The Hall–Kier alpha value is -1.18. The number of halogens is 2. The second kappa shape index (κ2) is 3.48. The van der Waals surface area contributed by atoms with E-state index in [2.05, 4.69) is 0 Å². The van der Waals surface area contributed by atoms with Crippen LogP contribution in [0.15, 0.2) is 24.3 Å². The van der Waals surface area contributed by atoms with Gasteiger partial charge in [-0.25, -0.2) is 8.78 Å². The summed E-state index contributed by atoms with van der Waals surface area (Å²) in [6, 6.07) is 3.90. The summed E-state index contributed by atoms with van der Waals surface area (Å²) in [5.41, 5.74) is 1.66. The van der Waals surface area contributed by atoms with Gasteiger partial charge in [0.05, 0.1) is 0 Å². The zero-order chi connectivity index (χ0) is 9.14. The maximum atomic E-state index is 12.7. The van der Waals surface area contributed by atoms with Crippen molar-refractivity contribution in [1.82, 2.24) is 0 Å². The molecule has 2 heteroatoms. The molecule has 0 nitrogen and oxygen atoms in total. The molecule has 0 N–H and O–H groups in total. The van der Waals surface area contributed by atoms with Gasteiger partial charge in [-0.15, -0.1) is 0 Å². The number of hydrogen-bond acceptors (Lipinski definition) is 0. The van der Waals surface area contributed by atoms with Gasteiger partial charge in [-0.2, -0.15) is 0 Å². The monoisotopic (exact) mass is 168 g/mol. The summed E-state index contributed by atoms with van der Waals surface area (Å²) < 4.78 is 25.1. The third kappa shape index (κ3) is 1.70. The van der Waals surface area contributed by atoms with Crippen molar-refractivity contribution < 1.29 is 8.78 Å². The van der Waals surface area contributed by atoms with Crippen LogP contribution in [0.2, 0.25) is 0 Å². The highest BCUT2D eigenvalue weighted by Crippen LogP contribution is 2.16. The maximum absolute atomic E-state index is 12.7. The highest BCUT2D eigenvalue weighted by Gasteiger charge is 2.02. The molecule has 0 spiro atoms. The highest BCUT2D eigenvalue weighted by molar-refractivity contribution is 5.63. The Morgan fingerprint density at radius 1 is 1.25 bits per heavy atom. The molecule has 0 saturated carbocycles. The van der Waals surface area contributed by atoms with E-state index in [4.69, 9.17) is 0 Å². The van der Waals surface area contributed by atoms with Crippen LogP contribution in [0.1, 0.15) is 19.4 Å². The van der Waals surface area contributed by atoms with Crippen LogP contribution in [0.4, 0.5) is 8.78 Å². The van der Waals surface area contributed by atoms with Gasteiger partial charge < -0.3 is 0 Å². The normalized spacial score (nSPS) is 11.8. The van der Waals surface area contributed by atoms with Gasteiger partial charge in [0.25, 0.3) is 0 Å². The topological polar surface area (TPSA) is 0 Å². The molecule has 1 aromatic carbocycles. The molecular weight excluding hydrogens is 158 g/mol. The van der Waals surface area contributed by atoms with Gasteiger partial charge in [0, 0.05) is 0 Å². The molecule has 0 radical (unpaired) electrons. The fourth-order valence-corrected chi connectivity index (χ4v) is 0.908. The van der Waals surface area contributed by atoms with Crippen molar-refractivity contribution in [1.29, 1.82) is 0 Å². The van der Waals surface area contributed by atoms with Crippen LogP contribution in [-0.4, -0.2) is 0 Å². The lowest BCUT2D eigenvalue weighted by Crippen LogP contribution is -1.86. The zero-order valence-corrected chi connectivity index (χ0v) is 7.07. The summed E-state index contributed by atoms with van der Waals surface area (Å²) in [4.78, 5) is 0. The summed E-state index contributed by atoms with van der Waals surface area (Å²) in [5, 5.41) is 0. The van der Waals surface area contributed by atoms with Gasteiger partial charge >= 0.3 is 0 Å². The van der Waals surface area contributed by atoms with Gasteiger partial charge in [-0.05, 0) is 37.1 Å². The van der Waals surface area contributed by atoms with Gasteiger partial charge in [0.2, 0.25) is 0 Å². The zero-order valence-electron chi connectivity index (χ0n) is 7.07. The molecule has 0 saturated heterocycles. The third-order valence-corrected chi connectivity index (χ3v) is 1.81. The van der Waals surface area contributed by atoms with Crippen molar-refractivity contribution in [2.45, 2.75) is 13.8 Å². The van der Waals surface area contributed by atoms with E-state index in [0.29, 0.717) is 0 Å². The third-order valence-electron chi connectivity index (χ3n) is 1.81. The summed E-state index contributed by atoms with van der Waals surface area (Å²) in [7, 11) is 0. The van der Waals surface area contributed by atoms with Crippen LogP contribution in [0.25, 0.3) is 5.57 Å². The molecule has 0 unspecified atom stereocenters. The quantitative estimate of drug-likeness (QED) is 0.603. The van der Waals surface area contributed by atoms with Crippen LogP contribution in [-0.2, 0) is 0 Å². The Balaban J connectivity index is 3.13. The maximum Gasteiger partial charge on any atom is 0.159 e. The molecule has 0 aliphatic heterocycles. The molecule has 1 rings (SSSR count). The fraction of sp³-hybridized carbons (Fsp3) is 0.200. The SMILES string of the molecule is C/C=C(\C)c1ccc(F)c(F)c1. The summed E-state index contributed by atoms with van der Waals surface area (Å²) in [6.45, 7) is 3.71. The Bertz CT molecular complexity index is 314. The first kappa shape index (κ1) is 8.91. The smallest absolute Gasteiger partial charge is 0.159 e. The van der Waals surface area contributed by atoms with Gasteiger partial charge in [0.15, 0.2) is 11.6 Å². The van der Waals surface area contributed by atoms with Crippen molar-refractivity contribution in [3.05, 3.63) is 41.5 Å². The predicted molar refractivity (Wildman–Crippen MR) is 45.7 cm³/mol. The molecule has 0 aliphatic rings. The Labute approximate surface area is 70.5 Å². The van der Waals surface area contributed by atoms with Crippen molar-refractivity contribution >= 4 is 5.57 Å². The minimum atomic E-state index is -0.803. The summed E-state index contributed by atoms with van der Waals surface area (Å²) in [5.74, 6) is -1.60. The lowest BCUT2D eigenvalue weighted by Gasteiger charge is -2.00. The largest absolute Gasteiger partial charge is 0.204 e. The number of benzene rings is 1. The predicted octanol–water partition coefficient (Wildman–Crippen LogP) is 3.39. The van der Waals surface area contributed by atoms with Crippen LogP contribution >= 0.6 is 0 Å². The lowest BCUT2D eigenvalue weighted by atomic mass is 10.1. The molecule has 0 atom stereocenters. The molecule has 12 heavy (non-hydrogen) atoms. The van der Waals surface area contributed by atoms with Crippen LogP contribution < -0.4 is 0 Å². The minimum absolute atomic E-state index is 0.719. The van der Waals surface area contributed by atoms with E-state index in [-0.39, 0.29) is 0 Å². The Morgan fingerprint density at radius 2 is 1.92 bits per heavy atom. The number of hydrogen-bond donors (Lipinski definition) is 0. The first-order chi connectivity index (χ1) is 5.65. The second-order valence-electron chi connectivity index (χ2n) is 2.60. The molecule has 0 aliphatic carbocycles. The Kier molecular flexibility index (Phi) is 2.58. The van der Waals surface area contributed by atoms with Crippen LogP contribution in [0.5, 0.6) is 0 Å². The number of rotatable bonds is 1.